The number of para-hydroxylation sites is 1. The van der Waals surface area contributed by atoms with Crippen LogP contribution in [0.4, 0.5) is 5.69 Å². The number of furan rings is 2. The fourth-order valence-corrected chi connectivity index (χ4v) is 4.43. The minimum Gasteiger partial charge on any atom is -0.504 e. The van der Waals surface area contributed by atoms with Gasteiger partial charge in [0.1, 0.15) is 16.7 Å². The lowest BCUT2D eigenvalue weighted by Crippen LogP contribution is -2.21. The SMILES string of the molecule is O=C(Nc1csc(-c2cc3cccc(O)c3o2)c1C(=O)O)c1cc2c(o1)=CCCC=2. The predicted molar refractivity (Wildman–Crippen MR) is 112 cm³/mol. The number of phenolic OH excluding ortho intramolecular Hbond substituents is 1. The highest BCUT2D eigenvalue weighted by Gasteiger charge is 2.25. The molecule has 1 aliphatic rings. The van der Waals surface area contributed by atoms with Crippen LogP contribution in [0.5, 0.6) is 5.75 Å². The lowest BCUT2D eigenvalue weighted by atomic mass is 10.1. The molecule has 0 saturated heterocycles. The van der Waals surface area contributed by atoms with Crippen molar-refractivity contribution in [1.29, 1.82) is 0 Å². The number of thiophene rings is 1. The summed E-state index contributed by atoms with van der Waals surface area (Å²) in [6, 6.07) is 8.23. The third kappa shape index (κ3) is 2.98. The molecular weight excluding hydrogens is 406 g/mol. The Balaban J connectivity index is 1.53. The van der Waals surface area contributed by atoms with Crippen molar-refractivity contribution in [2.24, 2.45) is 0 Å². The van der Waals surface area contributed by atoms with E-state index in [1.165, 1.54) is 6.07 Å². The summed E-state index contributed by atoms with van der Waals surface area (Å²) in [5.74, 6) is -1.35. The Morgan fingerprint density at radius 2 is 1.93 bits per heavy atom. The Labute approximate surface area is 173 Å². The van der Waals surface area contributed by atoms with Crippen molar-refractivity contribution in [3.05, 3.63) is 57.7 Å². The first-order chi connectivity index (χ1) is 14.5. The summed E-state index contributed by atoms with van der Waals surface area (Å²) in [5.41, 5.74) is 0.996. The number of carbonyl (C=O) groups is 2. The van der Waals surface area contributed by atoms with Crippen LogP contribution >= 0.6 is 11.3 Å². The fraction of sp³-hybridized carbons (Fsp3) is 0.0909. The number of benzene rings is 1. The van der Waals surface area contributed by atoms with E-state index in [1.54, 1.807) is 29.6 Å². The Morgan fingerprint density at radius 1 is 1.10 bits per heavy atom. The monoisotopic (exact) mass is 421 g/mol. The van der Waals surface area contributed by atoms with Crippen molar-refractivity contribution in [1.82, 2.24) is 0 Å². The zero-order valence-electron chi connectivity index (χ0n) is 15.5. The second kappa shape index (κ2) is 6.93. The van der Waals surface area contributed by atoms with Gasteiger partial charge < -0.3 is 24.4 Å². The molecule has 1 amide bonds. The molecule has 5 rings (SSSR count). The van der Waals surface area contributed by atoms with Gasteiger partial charge in [-0.1, -0.05) is 18.2 Å². The molecular formula is C22H15NO6S. The summed E-state index contributed by atoms with van der Waals surface area (Å²) in [4.78, 5) is 25.0. The van der Waals surface area contributed by atoms with Gasteiger partial charge in [0, 0.05) is 16.0 Å². The van der Waals surface area contributed by atoms with Crippen molar-refractivity contribution in [3.8, 4) is 16.4 Å². The van der Waals surface area contributed by atoms with Crippen LogP contribution in [0.15, 0.2) is 44.5 Å². The molecule has 150 valence electrons. The highest BCUT2D eigenvalue weighted by atomic mass is 32.1. The lowest BCUT2D eigenvalue weighted by Gasteiger charge is -2.03. The number of phenols is 1. The highest BCUT2D eigenvalue weighted by molar-refractivity contribution is 7.14. The minimum absolute atomic E-state index is 0.0314. The average molecular weight is 421 g/mol. The molecule has 1 aliphatic carbocycles. The van der Waals surface area contributed by atoms with Crippen LogP contribution in [0.25, 0.3) is 33.8 Å². The van der Waals surface area contributed by atoms with Crippen molar-refractivity contribution in [3.63, 3.8) is 0 Å². The summed E-state index contributed by atoms with van der Waals surface area (Å²) >= 11 is 1.13. The first-order valence-electron chi connectivity index (χ1n) is 9.19. The largest absolute Gasteiger partial charge is 0.504 e. The van der Waals surface area contributed by atoms with E-state index >= 15 is 0 Å². The van der Waals surface area contributed by atoms with E-state index in [9.17, 15) is 19.8 Å². The quantitative estimate of drug-likeness (QED) is 0.462. The van der Waals surface area contributed by atoms with E-state index < -0.39 is 11.9 Å². The summed E-state index contributed by atoms with van der Waals surface area (Å²) in [5, 5.41) is 25.4. The molecule has 3 heterocycles. The van der Waals surface area contributed by atoms with E-state index in [1.807, 2.05) is 12.2 Å². The Hall–Kier alpha value is -3.78. The third-order valence-corrected chi connectivity index (χ3v) is 5.87. The second-order valence-electron chi connectivity index (χ2n) is 6.83. The molecule has 4 aromatic rings. The maximum atomic E-state index is 12.7. The minimum atomic E-state index is -1.20. The Kier molecular flexibility index (Phi) is 4.22. The summed E-state index contributed by atoms with van der Waals surface area (Å²) in [7, 11) is 0. The molecule has 0 fully saturated rings. The molecule has 30 heavy (non-hydrogen) atoms. The van der Waals surface area contributed by atoms with E-state index in [4.69, 9.17) is 8.83 Å². The van der Waals surface area contributed by atoms with Gasteiger partial charge in [-0.15, -0.1) is 11.3 Å². The van der Waals surface area contributed by atoms with Gasteiger partial charge in [0.2, 0.25) is 0 Å². The molecule has 0 atom stereocenters. The maximum absolute atomic E-state index is 12.7. The molecule has 0 radical (unpaired) electrons. The zero-order valence-corrected chi connectivity index (χ0v) is 16.3. The fourth-order valence-electron chi connectivity index (χ4n) is 3.49. The number of aromatic carboxylic acids is 1. The van der Waals surface area contributed by atoms with Gasteiger partial charge in [-0.05, 0) is 37.1 Å². The zero-order chi connectivity index (χ0) is 20.8. The number of carboxylic acid groups (broad SMARTS) is 1. The molecule has 3 aromatic heterocycles. The number of carbonyl (C=O) groups excluding carboxylic acids is 1. The highest BCUT2D eigenvalue weighted by Crippen LogP contribution is 2.40. The molecule has 8 heteroatoms. The van der Waals surface area contributed by atoms with Crippen LogP contribution in [0.3, 0.4) is 0 Å². The topological polar surface area (TPSA) is 113 Å². The van der Waals surface area contributed by atoms with Crippen molar-refractivity contribution >= 4 is 52.0 Å². The van der Waals surface area contributed by atoms with Crippen molar-refractivity contribution in [2.75, 3.05) is 5.32 Å². The standard InChI is InChI=1S/C22H15NO6S/c24-14-6-3-5-12-9-16(29-19(12)14)20-18(22(26)27)13(10-30-20)23-21(25)17-8-11-4-1-2-7-15(11)28-17/h3-10,24H,1-2H2,(H,23,25)(H,26,27). The number of amides is 1. The normalized spacial score (nSPS) is 12.8. The molecule has 0 aliphatic heterocycles. The first-order valence-corrected chi connectivity index (χ1v) is 10.1. The smallest absolute Gasteiger partial charge is 0.339 e. The van der Waals surface area contributed by atoms with Crippen LogP contribution < -0.4 is 16.0 Å². The molecule has 1 aromatic carbocycles. The average Bonchev–Trinajstić information content (AvgIpc) is 3.44. The molecule has 0 unspecified atom stereocenters. The molecule has 0 bridgehead atoms. The number of hydrogen-bond donors (Lipinski definition) is 3. The van der Waals surface area contributed by atoms with Crippen LogP contribution in [0.2, 0.25) is 0 Å². The first kappa shape index (κ1) is 18.3. The molecule has 3 N–H and O–H groups in total. The van der Waals surface area contributed by atoms with Gasteiger partial charge in [-0.2, -0.15) is 0 Å². The molecule has 0 spiro atoms. The number of hydrogen-bond acceptors (Lipinski definition) is 6. The van der Waals surface area contributed by atoms with Crippen LogP contribution in [0.1, 0.15) is 33.8 Å². The number of carboxylic acids is 1. The maximum Gasteiger partial charge on any atom is 0.339 e. The number of fused-ring (bicyclic) bond motifs is 2. The van der Waals surface area contributed by atoms with E-state index in [-0.39, 0.29) is 28.3 Å². The van der Waals surface area contributed by atoms with Crippen molar-refractivity contribution in [2.45, 2.75) is 12.8 Å². The van der Waals surface area contributed by atoms with Gasteiger partial charge in [-0.25, -0.2) is 4.79 Å². The van der Waals surface area contributed by atoms with Gasteiger partial charge >= 0.3 is 5.97 Å². The number of aromatic hydroxyl groups is 1. The van der Waals surface area contributed by atoms with Gasteiger partial charge in [0.25, 0.3) is 5.91 Å². The Morgan fingerprint density at radius 3 is 2.70 bits per heavy atom. The number of anilines is 1. The number of rotatable bonds is 4. The van der Waals surface area contributed by atoms with Gasteiger partial charge in [0.15, 0.2) is 17.1 Å². The summed E-state index contributed by atoms with van der Waals surface area (Å²) in [6.07, 6.45) is 5.66. The van der Waals surface area contributed by atoms with Crippen LogP contribution in [0, 0.1) is 0 Å². The van der Waals surface area contributed by atoms with Gasteiger partial charge in [0.05, 0.1) is 10.6 Å². The van der Waals surface area contributed by atoms with E-state index in [0.717, 1.165) is 29.4 Å². The van der Waals surface area contributed by atoms with Crippen LogP contribution in [-0.4, -0.2) is 22.1 Å². The molecule has 7 nitrogen and oxygen atoms in total. The number of nitrogens with one attached hydrogen (secondary N) is 1. The third-order valence-electron chi connectivity index (χ3n) is 4.88. The van der Waals surface area contributed by atoms with Crippen LogP contribution in [-0.2, 0) is 0 Å². The lowest BCUT2D eigenvalue weighted by molar-refractivity contribution is 0.0699. The van der Waals surface area contributed by atoms with E-state index in [0.29, 0.717) is 21.4 Å². The summed E-state index contributed by atoms with van der Waals surface area (Å²) < 4.78 is 11.3. The second-order valence-corrected chi connectivity index (χ2v) is 7.71. The Bertz CT molecular complexity index is 1400. The predicted octanol–water partition coefficient (Wildman–Crippen LogP) is 3.77. The van der Waals surface area contributed by atoms with Gasteiger partial charge in [-0.3, -0.25) is 4.79 Å². The molecule has 0 saturated carbocycles. The van der Waals surface area contributed by atoms with E-state index in [2.05, 4.69) is 5.32 Å². The summed E-state index contributed by atoms with van der Waals surface area (Å²) in [6.45, 7) is 0. The van der Waals surface area contributed by atoms with Crippen molar-refractivity contribution < 1.29 is 28.6 Å².